The van der Waals surface area contributed by atoms with Crippen LogP contribution in [0.4, 0.5) is 0 Å². The third-order valence-electron chi connectivity index (χ3n) is 11.1. The summed E-state index contributed by atoms with van der Waals surface area (Å²) in [6.45, 7) is 0. The van der Waals surface area contributed by atoms with Crippen molar-refractivity contribution in [2.24, 2.45) is 0 Å². The lowest BCUT2D eigenvalue weighted by Crippen LogP contribution is -2.04. The van der Waals surface area contributed by atoms with Gasteiger partial charge in [0.2, 0.25) is 0 Å². The zero-order chi connectivity index (χ0) is 36.6. The number of hydrogen-bond donors (Lipinski definition) is 0. The van der Waals surface area contributed by atoms with Crippen molar-refractivity contribution in [2.45, 2.75) is 0 Å². The van der Waals surface area contributed by atoms with Gasteiger partial charge in [-0.25, -0.2) is 0 Å². The van der Waals surface area contributed by atoms with Gasteiger partial charge in [0.1, 0.15) is 6.07 Å². The average molecular weight is 700 g/mol. The summed E-state index contributed by atoms with van der Waals surface area (Å²) in [6, 6.07) is 65.9. The molecule has 0 unspecified atom stereocenters. The van der Waals surface area contributed by atoms with Crippen LogP contribution in [0.3, 0.4) is 0 Å². The molecular formula is C50H29N5. The van der Waals surface area contributed by atoms with Crippen molar-refractivity contribution >= 4 is 65.4 Å². The van der Waals surface area contributed by atoms with Crippen LogP contribution in [0.1, 0.15) is 11.1 Å². The maximum Gasteiger partial charge on any atom is 0.101 e. The lowest BCUT2D eigenvalue weighted by molar-refractivity contribution is 1.13. The Morgan fingerprint density at radius 1 is 0.327 bits per heavy atom. The van der Waals surface area contributed by atoms with E-state index in [4.69, 9.17) is 0 Å². The maximum atomic E-state index is 10.4. The molecule has 3 aromatic heterocycles. The Labute approximate surface area is 316 Å². The Bertz CT molecular complexity index is 3420. The average Bonchev–Trinajstić information content (AvgIpc) is 3.89. The minimum Gasteiger partial charge on any atom is -0.307 e. The Kier molecular flexibility index (Phi) is 6.61. The van der Waals surface area contributed by atoms with Crippen molar-refractivity contribution in [3.63, 3.8) is 0 Å². The van der Waals surface area contributed by atoms with Gasteiger partial charge in [0.25, 0.3) is 0 Å². The first kappa shape index (κ1) is 30.7. The van der Waals surface area contributed by atoms with Gasteiger partial charge in [0.15, 0.2) is 0 Å². The smallest absolute Gasteiger partial charge is 0.101 e. The van der Waals surface area contributed by atoms with E-state index in [1.165, 1.54) is 10.8 Å². The molecule has 5 nitrogen and oxygen atoms in total. The minimum absolute atomic E-state index is 0.570. The van der Waals surface area contributed by atoms with Crippen molar-refractivity contribution in [3.05, 3.63) is 187 Å². The number of nitriles is 2. The number of nitrogens with zero attached hydrogens (tertiary/aromatic N) is 5. The maximum absolute atomic E-state index is 10.4. The molecular weight excluding hydrogens is 671 g/mol. The predicted molar refractivity (Wildman–Crippen MR) is 224 cm³/mol. The van der Waals surface area contributed by atoms with Gasteiger partial charge < -0.3 is 13.7 Å². The van der Waals surface area contributed by atoms with Crippen LogP contribution in [-0.2, 0) is 0 Å². The zero-order valence-electron chi connectivity index (χ0n) is 29.5. The zero-order valence-corrected chi connectivity index (χ0v) is 29.5. The topological polar surface area (TPSA) is 62.4 Å². The van der Waals surface area contributed by atoms with E-state index < -0.39 is 0 Å². The molecule has 55 heavy (non-hydrogen) atoms. The van der Waals surface area contributed by atoms with Gasteiger partial charge in [-0.1, -0.05) is 121 Å². The minimum atomic E-state index is 0.570. The molecule has 254 valence electrons. The summed E-state index contributed by atoms with van der Waals surface area (Å²) in [5, 5.41) is 27.5. The summed E-state index contributed by atoms with van der Waals surface area (Å²) in [5.74, 6) is 0. The Balaban J connectivity index is 1.28. The van der Waals surface area contributed by atoms with Crippen molar-refractivity contribution in [1.82, 2.24) is 13.7 Å². The van der Waals surface area contributed by atoms with E-state index in [0.29, 0.717) is 11.1 Å². The molecule has 0 saturated heterocycles. The highest BCUT2D eigenvalue weighted by Crippen LogP contribution is 2.44. The van der Waals surface area contributed by atoms with Crippen LogP contribution in [0.5, 0.6) is 0 Å². The van der Waals surface area contributed by atoms with Crippen LogP contribution >= 0.6 is 0 Å². The Hall–Kier alpha value is -7.86. The second-order valence-corrected chi connectivity index (χ2v) is 13.9. The fourth-order valence-electron chi connectivity index (χ4n) is 8.88. The lowest BCUT2D eigenvalue weighted by atomic mass is 9.99. The van der Waals surface area contributed by atoms with Gasteiger partial charge in [-0.2, -0.15) is 10.5 Å². The Morgan fingerprint density at radius 2 is 0.782 bits per heavy atom. The second-order valence-electron chi connectivity index (χ2n) is 13.9. The monoisotopic (exact) mass is 699 g/mol. The highest BCUT2D eigenvalue weighted by atomic mass is 15.1. The number of benzene rings is 8. The number of hydrogen-bond acceptors (Lipinski definition) is 2. The standard InChI is InChI=1S/C50H29N5/c51-30-32-27-28-39(36-16-3-8-23-44(36)54-45-24-9-4-17-37(45)40-19-11-13-33(31-52)49(40)54)48(29-32)55-46-25-10-5-18-38(46)41-20-12-26-47(50(41)55)53-42-21-6-1-14-34(42)35-15-2-7-22-43(35)53/h1-29H. The molecule has 0 amide bonds. The molecule has 0 radical (unpaired) electrons. The number of rotatable bonds is 4. The van der Waals surface area contributed by atoms with Gasteiger partial charge in [-0.15, -0.1) is 0 Å². The molecule has 0 fully saturated rings. The molecule has 5 heteroatoms. The van der Waals surface area contributed by atoms with Crippen LogP contribution < -0.4 is 0 Å². The first-order valence-electron chi connectivity index (χ1n) is 18.3. The molecule has 0 atom stereocenters. The summed E-state index contributed by atoms with van der Waals surface area (Å²) < 4.78 is 6.96. The number of aromatic nitrogens is 3. The van der Waals surface area contributed by atoms with E-state index in [2.05, 4.69) is 165 Å². The van der Waals surface area contributed by atoms with Gasteiger partial charge in [0.05, 0.1) is 67.4 Å². The number of para-hydroxylation sites is 7. The molecule has 0 spiro atoms. The molecule has 0 aliphatic carbocycles. The molecule has 3 heterocycles. The predicted octanol–water partition coefficient (Wildman–Crippen LogP) is 12.4. The van der Waals surface area contributed by atoms with Crippen LogP contribution in [0, 0.1) is 22.7 Å². The third kappa shape index (κ3) is 4.33. The molecule has 11 rings (SSSR count). The molecule has 0 aliphatic rings. The van der Waals surface area contributed by atoms with Crippen LogP contribution in [0.15, 0.2) is 176 Å². The van der Waals surface area contributed by atoms with Gasteiger partial charge in [-0.05, 0) is 54.6 Å². The van der Waals surface area contributed by atoms with E-state index in [1.54, 1.807) is 0 Å². The van der Waals surface area contributed by atoms with E-state index in [0.717, 1.165) is 82.8 Å². The molecule has 0 bridgehead atoms. The van der Waals surface area contributed by atoms with Gasteiger partial charge >= 0.3 is 0 Å². The number of fused-ring (bicyclic) bond motifs is 9. The van der Waals surface area contributed by atoms with E-state index in [-0.39, 0.29) is 0 Å². The van der Waals surface area contributed by atoms with Crippen molar-refractivity contribution in [1.29, 1.82) is 10.5 Å². The van der Waals surface area contributed by atoms with Crippen LogP contribution in [0.25, 0.3) is 93.6 Å². The van der Waals surface area contributed by atoms with E-state index in [9.17, 15) is 10.5 Å². The summed E-state index contributed by atoms with van der Waals surface area (Å²) in [5.41, 5.74) is 12.3. The van der Waals surface area contributed by atoms with Gasteiger partial charge in [-0.3, -0.25) is 0 Å². The first-order chi connectivity index (χ1) is 27.2. The molecule has 0 N–H and O–H groups in total. The van der Waals surface area contributed by atoms with E-state index >= 15 is 0 Å². The lowest BCUT2D eigenvalue weighted by Gasteiger charge is -2.20. The Morgan fingerprint density at radius 3 is 1.40 bits per heavy atom. The molecule has 0 saturated carbocycles. The fraction of sp³-hybridized carbons (Fsp3) is 0. The highest BCUT2D eigenvalue weighted by molar-refractivity contribution is 6.16. The summed E-state index contributed by atoms with van der Waals surface area (Å²) in [4.78, 5) is 0. The van der Waals surface area contributed by atoms with Crippen LogP contribution in [0.2, 0.25) is 0 Å². The third-order valence-corrected chi connectivity index (χ3v) is 11.1. The molecule has 8 aromatic carbocycles. The molecule has 0 aliphatic heterocycles. The van der Waals surface area contributed by atoms with Gasteiger partial charge in [0, 0.05) is 43.4 Å². The SMILES string of the molecule is N#Cc1ccc(-c2ccccc2-n2c3ccccc3c3cccc(C#N)c32)c(-n2c3ccccc3c3cccc(-n4c5ccccc5c5ccccc54)c32)c1. The van der Waals surface area contributed by atoms with Crippen molar-refractivity contribution in [2.75, 3.05) is 0 Å². The van der Waals surface area contributed by atoms with E-state index in [1.807, 2.05) is 36.4 Å². The van der Waals surface area contributed by atoms with Crippen molar-refractivity contribution in [3.8, 4) is 40.3 Å². The molecule has 11 aromatic rings. The second kappa shape index (κ2) is 11.8. The summed E-state index contributed by atoms with van der Waals surface area (Å²) >= 11 is 0. The summed E-state index contributed by atoms with van der Waals surface area (Å²) in [6.07, 6.45) is 0. The quantitative estimate of drug-likeness (QED) is 0.184. The van der Waals surface area contributed by atoms with Crippen molar-refractivity contribution < 1.29 is 0 Å². The van der Waals surface area contributed by atoms with Crippen LogP contribution in [-0.4, -0.2) is 13.7 Å². The normalized spacial score (nSPS) is 11.6. The highest BCUT2D eigenvalue weighted by Gasteiger charge is 2.24. The largest absolute Gasteiger partial charge is 0.307 e. The fourth-order valence-corrected chi connectivity index (χ4v) is 8.88. The summed E-state index contributed by atoms with van der Waals surface area (Å²) in [7, 11) is 0. The first-order valence-corrected chi connectivity index (χ1v) is 18.3.